The van der Waals surface area contributed by atoms with Crippen LogP contribution in [-0.4, -0.2) is 44.9 Å². The second-order valence-electron chi connectivity index (χ2n) is 7.55. The molecule has 4 nitrogen and oxygen atoms in total. The van der Waals surface area contributed by atoms with Crippen LogP contribution in [-0.2, 0) is 12.0 Å². The number of hydrogen-bond donors (Lipinski definition) is 2. The van der Waals surface area contributed by atoms with Crippen molar-refractivity contribution >= 4 is 35.2 Å². The summed E-state index contributed by atoms with van der Waals surface area (Å²) in [5, 5.41) is 6.80. The molecule has 1 heterocycles. The SMILES string of the molecule is CN(C)CCc1c(F)cc(NC2(c3c(F)ccc(Cl)c3Cl)CCNC2)cc1C=O. The zero-order valence-electron chi connectivity index (χ0n) is 16.3. The van der Waals surface area contributed by atoms with E-state index in [1.54, 1.807) is 6.07 Å². The monoisotopic (exact) mass is 441 g/mol. The highest BCUT2D eigenvalue weighted by Gasteiger charge is 2.40. The highest BCUT2D eigenvalue weighted by atomic mass is 35.5. The first-order valence-electron chi connectivity index (χ1n) is 9.32. The molecule has 0 radical (unpaired) electrons. The quantitative estimate of drug-likeness (QED) is 0.490. The van der Waals surface area contributed by atoms with Crippen LogP contribution in [0.15, 0.2) is 24.3 Å². The van der Waals surface area contributed by atoms with E-state index in [2.05, 4.69) is 10.6 Å². The molecule has 0 bridgehead atoms. The van der Waals surface area contributed by atoms with Gasteiger partial charge >= 0.3 is 0 Å². The highest BCUT2D eigenvalue weighted by Crippen LogP contribution is 2.41. The van der Waals surface area contributed by atoms with E-state index in [9.17, 15) is 13.6 Å². The standard InChI is InChI=1S/C21H23Cl2F2N3O/c1-28(2)8-5-15-13(11-29)9-14(10-18(15)25)27-21(6-7-26-12-21)19-17(24)4-3-16(22)20(19)23/h3-4,9-11,26-27H,5-8,12H2,1-2H3. The smallest absolute Gasteiger partial charge is 0.150 e. The Labute approximate surface area is 179 Å². The minimum atomic E-state index is -0.913. The number of aldehydes is 1. The molecule has 0 amide bonds. The van der Waals surface area contributed by atoms with Gasteiger partial charge in [0.25, 0.3) is 0 Å². The molecule has 2 aromatic carbocycles. The van der Waals surface area contributed by atoms with Gasteiger partial charge in [-0.3, -0.25) is 4.79 Å². The van der Waals surface area contributed by atoms with Crippen molar-refractivity contribution in [2.45, 2.75) is 18.4 Å². The van der Waals surface area contributed by atoms with E-state index in [1.165, 1.54) is 18.2 Å². The lowest BCUT2D eigenvalue weighted by atomic mass is 9.87. The summed E-state index contributed by atoms with van der Waals surface area (Å²) in [6.45, 7) is 1.62. The molecule has 3 rings (SSSR count). The molecule has 29 heavy (non-hydrogen) atoms. The lowest BCUT2D eigenvalue weighted by Crippen LogP contribution is -2.39. The fourth-order valence-corrected chi connectivity index (χ4v) is 4.24. The number of rotatable bonds is 7. The van der Waals surface area contributed by atoms with Gasteiger partial charge in [0.05, 0.1) is 15.6 Å². The molecule has 0 aliphatic carbocycles. The average Bonchev–Trinajstić information content (AvgIpc) is 3.12. The number of nitrogens with one attached hydrogen (secondary N) is 2. The van der Waals surface area contributed by atoms with Crippen LogP contribution in [0.4, 0.5) is 14.5 Å². The molecule has 1 aliphatic rings. The van der Waals surface area contributed by atoms with E-state index >= 15 is 0 Å². The Balaban J connectivity index is 2.02. The van der Waals surface area contributed by atoms with Crippen LogP contribution < -0.4 is 10.6 Å². The number of halogens is 4. The third kappa shape index (κ3) is 4.56. The number of likely N-dealkylation sites (N-methyl/N-ethyl adjacent to an activating group) is 1. The number of benzene rings is 2. The molecule has 1 atom stereocenters. The van der Waals surface area contributed by atoms with Gasteiger partial charge in [0.1, 0.15) is 11.6 Å². The van der Waals surface area contributed by atoms with Crippen molar-refractivity contribution < 1.29 is 13.6 Å². The predicted octanol–water partition coefficient (Wildman–Crippen LogP) is 4.49. The highest BCUT2D eigenvalue weighted by molar-refractivity contribution is 6.42. The second-order valence-corrected chi connectivity index (χ2v) is 8.33. The fourth-order valence-electron chi connectivity index (χ4n) is 3.75. The Hall–Kier alpha value is -1.73. The third-order valence-electron chi connectivity index (χ3n) is 5.23. The minimum absolute atomic E-state index is 0.126. The topological polar surface area (TPSA) is 44.4 Å². The molecule has 0 aromatic heterocycles. The van der Waals surface area contributed by atoms with Crippen molar-refractivity contribution in [3.05, 3.63) is 62.6 Å². The van der Waals surface area contributed by atoms with Gasteiger partial charge in [0.15, 0.2) is 6.29 Å². The Morgan fingerprint density at radius 2 is 2.00 bits per heavy atom. The largest absolute Gasteiger partial charge is 0.374 e. The molecule has 0 spiro atoms. The summed E-state index contributed by atoms with van der Waals surface area (Å²) < 4.78 is 29.6. The number of anilines is 1. The van der Waals surface area contributed by atoms with E-state index in [4.69, 9.17) is 23.2 Å². The van der Waals surface area contributed by atoms with Crippen LogP contribution in [0.2, 0.25) is 10.0 Å². The maximum absolute atomic E-state index is 14.8. The lowest BCUT2D eigenvalue weighted by molar-refractivity contribution is 0.112. The van der Waals surface area contributed by atoms with E-state index in [1.807, 2.05) is 19.0 Å². The molecule has 1 saturated heterocycles. The summed E-state index contributed by atoms with van der Waals surface area (Å²) in [5.41, 5.74) is 0.348. The van der Waals surface area contributed by atoms with Crippen molar-refractivity contribution in [3.63, 3.8) is 0 Å². The molecule has 1 fully saturated rings. The molecule has 1 unspecified atom stereocenters. The second kappa shape index (κ2) is 8.96. The van der Waals surface area contributed by atoms with Crippen molar-refractivity contribution in [1.29, 1.82) is 0 Å². The molecular weight excluding hydrogens is 419 g/mol. The summed E-state index contributed by atoms with van der Waals surface area (Å²) in [5.74, 6) is -0.966. The normalized spacial score (nSPS) is 19.0. The maximum atomic E-state index is 14.8. The first kappa shape index (κ1) is 22.0. The van der Waals surface area contributed by atoms with Crippen LogP contribution >= 0.6 is 23.2 Å². The Kier molecular flexibility index (Phi) is 6.79. The van der Waals surface area contributed by atoms with Gasteiger partial charge in [0, 0.05) is 29.9 Å². The van der Waals surface area contributed by atoms with Gasteiger partial charge in [-0.15, -0.1) is 0 Å². The van der Waals surface area contributed by atoms with Crippen LogP contribution in [0.1, 0.15) is 27.9 Å². The van der Waals surface area contributed by atoms with Gasteiger partial charge in [0.2, 0.25) is 0 Å². The third-order valence-corrected chi connectivity index (χ3v) is 6.03. The van der Waals surface area contributed by atoms with Crippen LogP contribution in [0.5, 0.6) is 0 Å². The number of carbonyl (C=O) groups is 1. The summed E-state index contributed by atoms with van der Waals surface area (Å²) in [6.07, 6.45) is 1.57. The summed E-state index contributed by atoms with van der Waals surface area (Å²) in [7, 11) is 3.77. The van der Waals surface area contributed by atoms with Gasteiger partial charge in [-0.1, -0.05) is 23.2 Å². The maximum Gasteiger partial charge on any atom is 0.150 e. The summed E-state index contributed by atoms with van der Waals surface area (Å²) in [4.78, 5) is 13.5. The number of carbonyl (C=O) groups excluding carboxylic acids is 1. The number of hydrogen-bond acceptors (Lipinski definition) is 4. The molecular formula is C21H23Cl2F2N3O. The van der Waals surface area contributed by atoms with Crippen LogP contribution in [0.3, 0.4) is 0 Å². The molecule has 156 valence electrons. The van der Waals surface area contributed by atoms with E-state index < -0.39 is 17.2 Å². The van der Waals surface area contributed by atoms with Crippen molar-refractivity contribution in [1.82, 2.24) is 10.2 Å². The van der Waals surface area contributed by atoms with Crippen LogP contribution in [0.25, 0.3) is 0 Å². The van der Waals surface area contributed by atoms with Gasteiger partial charge in [-0.2, -0.15) is 0 Å². The van der Waals surface area contributed by atoms with Crippen LogP contribution in [0, 0.1) is 11.6 Å². The molecule has 1 aliphatic heterocycles. The van der Waals surface area contributed by atoms with E-state index in [0.29, 0.717) is 50.0 Å². The Bertz CT molecular complexity index is 915. The lowest BCUT2D eigenvalue weighted by Gasteiger charge is -2.33. The zero-order valence-corrected chi connectivity index (χ0v) is 17.8. The molecule has 8 heteroatoms. The summed E-state index contributed by atoms with van der Waals surface area (Å²) >= 11 is 12.5. The average molecular weight is 442 g/mol. The Morgan fingerprint density at radius 1 is 1.24 bits per heavy atom. The minimum Gasteiger partial charge on any atom is -0.374 e. The predicted molar refractivity (Wildman–Crippen MR) is 113 cm³/mol. The van der Waals surface area contributed by atoms with Gasteiger partial charge < -0.3 is 15.5 Å². The first-order valence-corrected chi connectivity index (χ1v) is 10.1. The van der Waals surface area contributed by atoms with E-state index in [0.717, 1.165) is 0 Å². The summed E-state index contributed by atoms with van der Waals surface area (Å²) in [6, 6.07) is 5.61. The van der Waals surface area contributed by atoms with Gasteiger partial charge in [-0.25, -0.2) is 8.78 Å². The van der Waals surface area contributed by atoms with E-state index in [-0.39, 0.29) is 21.2 Å². The Morgan fingerprint density at radius 3 is 2.62 bits per heavy atom. The van der Waals surface area contributed by atoms with Crippen molar-refractivity contribution in [2.75, 3.05) is 39.0 Å². The van der Waals surface area contributed by atoms with Crippen molar-refractivity contribution in [2.24, 2.45) is 0 Å². The first-order chi connectivity index (χ1) is 13.8. The zero-order chi connectivity index (χ0) is 21.2. The van der Waals surface area contributed by atoms with Gasteiger partial charge in [-0.05, 0) is 63.3 Å². The van der Waals surface area contributed by atoms with Crippen molar-refractivity contribution in [3.8, 4) is 0 Å². The fraction of sp³-hybridized carbons (Fsp3) is 0.381. The number of nitrogens with zero attached hydrogens (tertiary/aromatic N) is 1. The molecule has 2 N–H and O–H groups in total. The molecule has 0 saturated carbocycles. The molecule has 2 aromatic rings.